The van der Waals surface area contributed by atoms with E-state index in [0.29, 0.717) is 5.69 Å². The van der Waals surface area contributed by atoms with Crippen molar-refractivity contribution >= 4 is 52.0 Å². The SMILES string of the molecule is CC(=O)O[C@H]1C(=O)N(c2ccc(I)cc2)C(=O)[C@@H]1OC(C)=O. The molecule has 8 heteroatoms. The van der Waals surface area contributed by atoms with Crippen molar-refractivity contribution < 1.29 is 28.7 Å². The molecular formula is C14H12INO6. The number of nitrogens with zero attached hydrogens (tertiary/aromatic N) is 1. The topological polar surface area (TPSA) is 90.0 Å². The molecule has 0 aromatic heterocycles. The van der Waals surface area contributed by atoms with Crippen LogP contribution in [0.2, 0.25) is 0 Å². The van der Waals surface area contributed by atoms with Crippen molar-refractivity contribution in [2.24, 2.45) is 0 Å². The molecule has 1 aromatic rings. The van der Waals surface area contributed by atoms with Crippen LogP contribution in [0.4, 0.5) is 5.69 Å². The summed E-state index contributed by atoms with van der Waals surface area (Å²) in [4.78, 5) is 47.8. The van der Waals surface area contributed by atoms with Crippen molar-refractivity contribution in [3.05, 3.63) is 27.8 Å². The maximum Gasteiger partial charge on any atom is 0.303 e. The van der Waals surface area contributed by atoms with E-state index in [2.05, 4.69) is 22.6 Å². The molecule has 0 saturated carbocycles. The molecule has 1 aliphatic heterocycles. The molecular weight excluding hydrogens is 405 g/mol. The third kappa shape index (κ3) is 3.26. The zero-order chi connectivity index (χ0) is 16.4. The lowest BCUT2D eigenvalue weighted by Crippen LogP contribution is -2.36. The predicted octanol–water partition coefficient (Wildman–Crippen LogP) is 1.03. The lowest BCUT2D eigenvalue weighted by Gasteiger charge is -2.14. The molecule has 7 nitrogen and oxygen atoms in total. The highest BCUT2D eigenvalue weighted by molar-refractivity contribution is 14.1. The van der Waals surface area contributed by atoms with E-state index in [1.165, 1.54) is 0 Å². The number of hydrogen-bond donors (Lipinski definition) is 0. The zero-order valence-electron chi connectivity index (χ0n) is 11.7. The summed E-state index contributed by atoms with van der Waals surface area (Å²) < 4.78 is 10.6. The van der Waals surface area contributed by atoms with E-state index in [1.807, 2.05) is 0 Å². The van der Waals surface area contributed by atoms with Crippen LogP contribution in [0.1, 0.15) is 13.8 Å². The van der Waals surface area contributed by atoms with Gasteiger partial charge in [0.1, 0.15) is 0 Å². The number of benzene rings is 1. The molecule has 0 bridgehead atoms. The number of rotatable bonds is 3. The summed E-state index contributed by atoms with van der Waals surface area (Å²) in [6, 6.07) is 6.60. The van der Waals surface area contributed by atoms with Gasteiger partial charge in [0.25, 0.3) is 11.8 Å². The monoisotopic (exact) mass is 417 g/mol. The van der Waals surface area contributed by atoms with Crippen molar-refractivity contribution in [3.63, 3.8) is 0 Å². The Kier molecular flexibility index (Phi) is 4.79. The number of anilines is 1. The number of carbonyl (C=O) groups excluding carboxylic acids is 4. The van der Waals surface area contributed by atoms with Gasteiger partial charge < -0.3 is 9.47 Å². The number of carbonyl (C=O) groups is 4. The van der Waals surface area contributed by atoms with E-state index in [0.717, 1.165) is 22.3 Å². The first-order chi connectivity index (χ1) is 10.3. The van der Waals surface area contributed by atoms with Gasteiger partial charge in [-0.3, -0.25) is 19.2 Å². The van der Waals surface area contributed by atoms with Crippen LogP contribution in [-0.2, 0) is 28.7 Å². The molecule has 0 radical (unpaired) electrons. The summed E-state index contributed by atoms with van der Waals surface area (Å²) in [6.45, 7) is 2.21. The lowest BCUT2D eigenvalue weighted by atomic mass is 10.2. The average Bonchev–Trinajstić information content (AvgIpc) is 2.64. The quantitative estimate of drug-likeness (QED) is 0.415. The minimum atomic E-state index is -1.46. The highest BCUT2D eigenvalue weighted by Crippen LogP contribution is 2.27. The normalized spacial score (nSPS) is 21.0. The molecule has 0 unspecified atom stereocenters. The highest BCUT2D eigenvalue weighted by atomic mass is 127. The van der Waals surface area contributed by atoms with Crippen molar-refractivity contribution in [2.45, 2.75) is 26.1 Å². The zero-order valence-corrected chi connectivity index (χ0v) is 13.9. The number of esters is 2. The van der Waals surface area contributed by atoms with E-state index in [-0.39, 0.29) is 0 Å². The van der Waals surface area contributed by atoms with Gasteiger partial charge in [-0.15, -0.1) is 0 Å². The van der Waals surface area contributed by atoms with Gasteiger partial charge in [0.15, 0.2) is 0 Å². The minimum Gasteiger partial charge on any atom is -0.448 e. The van der Waals surface area contributed by atoms with E-state index in [9.17, 15) is 19.2 Å². The standard InChI is InChI=1S/C14H12INO6/c1-7(17)21-11-12(22-8(2)18)14(20)16(13(11)19)10-5-3-9(15)4-6-10/h3-6,11-12H,1-2H3/t11-,12-/m1/s1. The molecule has 1 heterocycles. The van der Waals surface area contributed by atoms with E-state index in [1.54, 1.807) is 24.3 Å². The molecule has 2 atom stereocenters. The Balaban J connectivity index is 2.37. The molecule has 1 fully saturated rings. The van der Waals surface area contributed by atoms with Gasteiger partial charge in [-0.05, 0) is 46.9 Å². The van der Waals surface area contributed by atoms with Crippen LogP contribution in [0.3, 0.4) is 0 Å². The molecule has 1 aliphatic rings. The van der Waals surface area contributed by atoms with E-state index >= 15 is 0 Å². The summed E-state index contributed by atoms with van der Waals surface area (Å²) in [5.74, 6) is -2.97. The van der Waals surface area contributed by atoms with Crippen LogP contribution in [0, 0.1) is 3.57 Å². The van der Waals surface area contributed by atoms with Crippen molar-refractivity contribution in [2.75, 3.05) is 4.90 Å². The minimum absolute atomic E-state index is 0.322. The van der Waals surface area contributed by atoms with Gasteiger partial charge in [-0.2, -0.15) is 0 Å². The Hall–Kier alpha value is -1.97. The summed E-state index contributed by atoms with van der Waals surface area (Å²) in [5.41, 5.74) is 0.322. The molecule has 1 saturated heterocycles. The summed E-state index contributed by atoms with van der Waals surface area (Å²) >= 11 is 2.08. The largest absolute Gasteiger partial charge is 0.448 e. The fourth-order valence-corrected chi connectivity index (χ4v) is 2.41. The molecule has 0 spiro atoms. The summed E-state index contributed by atoms with van der Waals surface area (Å²) in [5, 5.41) is 0. The fraction of sp³-hybridized carbons (Fsp3) is 0.286. The first-order valence-electron chi connectivity index (χ1n) is 6.29. The second-order valence-electron chi connectivity index (χ2n) is 4.55. The third-order valence-electron chi connectivity index (χ3n) is 2.87. The Labute approximate surface area is 139 Å². The predicted molar refractivity (Wildman–Crippen MR) is 82.8 cm³/mol. The van der Waals surface area contributed by atoms with Crippen LogP contribution in [0.5, 0.6) is 0 Å². The molecule has 2 rings (SSSR count). The lowest BCUT2D eigenvalue weighted by molar-refractivity contribution is -0.167. The van der Waals surface area contributed by atoms with Crippen LogP contribution in [0.15, 0.2) is 24.3 Å². The molecule has 0 aliphatic carbocycles. The first-order valence-corrected chi connectivity index (χ1v) is 7.37. The average molecular weight is 417 g/mol. The Morgan fingerprint density at radius 3 is 1.73 bits per heavy atom. The van der Waals surface area contributed by atoms with Crippen molar-refractivity contribution in [3.8, 4) is 0 Å². The van der Waals surface area contributed by atoms with Crippen LogP contribution in [-0.4, -0.2) is 36.0 Å². The summed E-state index contributed by atoms with van der Waals surface area (Å²) in [6.07, 6.45) is -2.93. The molecule has 22 heavy (non-hydrogen) atoms. The number of imide groups is 1. The fourth-order valence-electron chi connectivity index (χ4n) is 2.05. The van der Waals surface area contributed by atoms with Crippen LogP contribution >= 0.6 is 22.6 Å². The molecule has 1 aromatic carbocycles. The van der Waals surface area contributed by atoms with Gasteiger partial charge >= 0.3 is 11.9 Å². The van der Waals surface area contributed by atoms with Crippen molar-refractivity contribution in [1.29, 1.82) is 0 Å². The van der Waals surface area contributed by atoms with Gasteiger partial charge in [-0.25, -0.2) is 4.90 Å². The third-order valence-corrected chi connectivity index (χ3v) is 3.59. The number of ether oxygens (including phenoxy) is 2. The summed E-state index contributed by atoms with van der Waals surface area (Å²) in [7, 11) is 0. The Morgan fingerprint density at radius 1 is 0.955 bits per heavy atom. The number of hydrogen-bond acceptors (Lipinski definition) is 6. The molecule has 116 valence electrons. The van der Waals surface area contributed by atoms with Gasteiger partial charge in [0.2, 0.25) is 12.2 Å². The van der Waals surface area contributed by atoms with Crippen LogP contribution < -0.4 is 4.90 Å². The van der Waals surface area contributed by atoms with Gasteiger partial charge in [0, 0.05) is 17.4 Å². The maximum absolute atomic E-state index is 12.4. The van der Waals surface area contributed by atoms with E-state index < -0.39 is 36.0 Å². The highest BCUT2D eigenvalue weighted by Gasteiger charge is 2.52. The van der Waals surface area contributed by atoms with Gasteiger partial charge in [0.05, 0.1) is 5.69 Å². The second-order valence-corrected chi connectivity index (χ2v) is 5.79. The molecule has 0 N–H and O–H groups in total. The molecule has 2 amide bonds. The van der Waals surface area contributed by atoms with Gasteiger partial charge in [-0.1, -0.05) is 0 Å². The Morgan fingerprint density at radius 2 is 1.36 bits per heavy atom. The maximum atomic E-state index is 12.4. The number of amides is 2. The second kappa shape index (κ2) is 6.42. The Bertz CT molecular complexity index is 607. The van der Waals surface area contributed by atoms with Crippen LogP contribution in [0.25, 0.3) is 0 Å². The van der Waals surface area contributed by atoms with Crippen molar-refractivity contribution in [1.82, 2.24) is 0 Å². The number of halogens is 1. The first kappa shape index (κ1) is 16.4. The smallest absolute Gasteiger partial charge is 0.303 e. The van der Waals surface area contributed by atoms with E-state index in [4.69, 9.17) is 9.47 Å².